The summed E-state index contributed by atoms with van der Waals surface area (Å²) in [4.78, 5) is 10.6. The highest BCUT2D eigenvalue weighted by molar-refractivity contribution is 5.77. The van der Waals surface area contributed by atoms with Gasteiger partial charge in [-0.1, -0.05) is 5.92 Å². The summed E-state index contributed by atoms with van der Waals surface area (Å²) in [5.41, 5.74) is 2.84. The number of aldehydes is 1. The Labute approximate surface area is 78.6 Å². The Morgan fingerprint density at radius 2 is 2.23 bits per heavy atom. The average Bonchev–Trinajstić information content (AvgIpc) is 2.39. The van der Waals surface area contributed by atoms with Gasteiger partial charge in [0, 0.05) is 17.0 Å². The first-order valence-corrected chi connectivity index (χ1v) is 4.22. The molecule has 0 saturated heterocycles. The smallest absolute Gasteiger partial charge is 0.151 e. The molecule has 0 aliphatic heterocycles. The van der Waals surface area contributed by atoms with Crippen LogP contribution in [-0.4, -0.2) is 10.9 Å². The minimum atomic E-state index is 0.669. The maximum atomic E-state index is 10.6. The van der Waals surface area contributed by atoms with Gasteiger partial charge in [-0.3, -0.25) is 4.79 Å². The summed E-state index contributed by atoms with van der Waals surface area (Å²) in [5.74, 6) is 5.82. The SMILES string of the molecule is CC#CCn1c(C)cc(C=O)c1C. The molecule has 0 saturated carbocycles. The van der Waals surface area contributed by atoms with Gasteiger partial charge in [0.05, 0.1) is 6.54 Å². The van der Waals surface area contributed by atoms with Gasteiger partial charge in [0.2, 0.25) is 0 Å². The lowest BCUT2D eigenvalue weighted by Gasteiger charge is -2.03. The predicted molar refractivity (Wildman–Crippen MR) is 52.7 cm³/mol. The molecular weight excluding hydrogens is 162 g/mol. The molecule has 1 aromatic rings. The van der Waals surface area contributed by atoms with Gasteiger partial charge in [0.1, 0.15) is 0 Å². The minimum Gasteiger partial charge on any atom is -0.337 e. The van der Waals surface area contributed by atoms with Crippen LogP contribution >= 0.6 is 0 Å². The fraction of sp³-hybridized carbons (Fsp3) is 0.364. The fourth-order valence-corrected chi connectivity index (χ4v) is 1.35. The Morgan fingerprint density at radius 3 is 2.69 bits per heavy atom. The lowest BCUT2D eigenvalue weighted by Crippen LogP contribution is -2.00. The molecule has 13 heavy (non-hydrogen) atoms. The number of carbonyl (C=O) groups is 1. The second-order valence-corrected chi connectivity index (χ2v) is 2.96. The van der Waals surface area contributed by atoms with Crippen molar-refractivity contribution in [2.45, 2.75) is 27.3 Å². The van der Waals surface area contributed by atoms with Crippen molar-refractivity contribution in [3.05, 3.63) is 23.0 Å². The quantitative estimate of drug-likeness (QED) is 0.497. The monoisotopic (exact) mass is 175 g/mol. The predicted octanol–water partition coefficient (Wildman–Crippen LogP) is 1.94. The topological polar surface area (TPSA) is 22.0 Å². The molecule has 0 aliphatic carbocycles. The number of aryl methyl sites for hydroxylation is 1. The number of nitrogens with zero attached hydrogens (tertiary/aromatic N) is 1. The minimum absolute atomic E-state index is 0.669. The van der Waals surface area contributed by atoms with E-state index in [4.69, 9.17) is 0 Å². The Morgan fingerprint density at radius 1 is 1.54 bits per heavy atom. The molecule has 0 unspecified atom stereocenters. The van der Waals surface area contributed by atoms with Crippen LogP contribution in [0.3, 0.4) is 0 Å². The third kappa shape index (κ3) is 1.81. The van der Waals surface area contributed by atoms with E-state index >= 15 is 0 Å². The maximum Gasteiger partial charge on any atom is 0.151 e. The molecule has 0 atom stereocenters. The largest absolute Gasteiger partial charge is 0.337 e. The zero-order valence-electron chi connectivity index (χ0n) is 8.22. The second-order valence-electron chi connectivity index (χ2n) is 2.96. The van der Waals surface area contributed by atoms with E-state index in [1.54, 1.807) is 0 Å². The van der Waals surface area contributed by atoms with Crippen molar-refractivity contribution in [2.75, 3.05) is 0 Å². The zero-order valence-corrected chi connectivity index (χ0v) is 8.22. The summed E-state index contributed by atoms with van der Waals surface area (Å²) >= 11 is 0. The molecule has 0 amide bonds. The Kier molecular flexibility index (Phi) is 2.92. The first-order chi connectivity index (χ1) is 6.20. The summed E-state index contributed by atoms with van der Waals surface area (Å²) in [6.45, 7) is 6.40. The summed E-state index contributed by atoms with van der Waals surface area (Å²) < 4.78 is 2.04. The molecule has 0 bridgehead atoms. The molecule has 68 valence electrons. The van der Waals surface area contributed by atoms with Crippen molar-refractivity contribution in [3.8, 4) is 11.8 Å². The molecule has 2 nitrogen and oxygen atoms in total. The Balaban J connectivity index is 3.10. The lowest BCUT2D eigenvalue weighted by atomic mass is 10.3. The third-order valence-corrected chi connectivity index (χ3v) is 2.15. The van der Waals surface area contributed by atoms with Crippen molar-refractivity contribution in [2.24, 2.45) is 0 Å². The Hall–Kier alpha value is -1.49. The number of hydrogen-bond acceptors (Lipinski definition) is 1. The molecule has 0 spiro atoms. The van der Waals surface area contributed by atoms with E-state index in [0.717, 1.165) is 23.2 Å². The standard InChI is InChI=1S/C11H13NO/c1-4-5-6-12-9(2)7-11(8-13)10(12)3/h7-8H,6H2,1-3H3. The molecule has 2 heteroatoms. The zero-order chi connectivity index (χ0) is 9.84. The van der Waals surface area contributed by atoms with E-state index in [1.807, 2.05) is 31.4 Å². The van der Waals surface area contributed by atoms with Crippen LogP contribution in [0.1, 0.15) is 28.7 Å². The summed E-state index contributed by atoms with van der Waals surface area (Å²) in [5, 5.41) is 0. The summed E-state index contributed by atoms with van der Waals surface area (Å²) in [6.07, 6.45) is 0.887. The number of carbonyl (C=O) groups excluding carboxylic acids is 1. The van der Waals surface area contributed by atoms with Crippen LogP contribution in [0.25, 0.3) is 0 Å². The van der Waals surface area contributed by atoms with E-state index in [1.165, 1.54) is 0 Å². The van der Waals surface area contributed by atoms with Crippen LogP contribution in [0, 0.1) is 25.7 Å². The maximum absolute atomic E-state index is 10.6. The van der Waals surface area contributed by atoms with E-state index in [-0.39, 0.29) is 0 Å². The van der Waals surface area contributed by atoms with Crippen LogP contribution in [0.4, 0.5) is 0 Å². The van der Waals surface area contributed by atoms with Crippen LogP contribution in [0.15, 0.2) is 6.07 Å². The first kappa shape index (κ1) is 9.60. The fourth-order valence-electron chi connectivity index (χ4n) is 1.35. The Bertz CT molecular complexity index is 377. The summed E-state index contributed by atoms with van der Waals surface area (Å²) in [6, 6.07) is 1.89. The van der Waals surface area contributed by atoms with Crippen molar-refractivity contribution in [1.29, 1.82) is 0 Å². The van der Waals surface area contributed by atoms with Crippen LogP contribution in [-0.2, 0) is 6.54 Å². The van der Waals surface area contributed by atoms with Gasteiger partial charge in [0.25, 0.3) is 0 Å². The highest BCUT2D eigenvalue weighted by Crippen LogP contribution is 2.12. The van der Waals surface area contributed by atoms with Gasteiger partial charge in [-0.15, -0.1) is 5.92 Å². The van der Waals surface area contributed by atoms with Gasteiger partial charge in [-0.25, -0.2) is 0 Å². The van der Waals surface area contributed by atoms with Gasteiger partial charge in [-0.05, 0) is 26.8 Å². The molecule has 0 radical (unpaired) electrons. The molecule has 1 aromatic heterocycles. The molecule has 1 rings (SSSR count). The number of aromatic nitrogens is 1. The number of hydrogen-bond donors (Lipinski definition) is 0. The third-order valence-electron chi connectivity index (χ3n) is 2.15. The normalized spacial score (nSPS) is 9.15. The van der Waals surface area contributed by atoms with E-state index in [2.05, 4.69) is 11.8 Å². The van der Waals surface area contributed by atoms with Crippen molar-refractivity contribution < 1.29 is 4.79 Å². The van der Waals surface area contributed by atoms with E-state index < -0.39 is 0 Å². The number of rotatable bonds is 2. The van der Waals surface area contributed by atoms with Crippen molar-refractivity contribution >= 4 is 6.29 Å². The molecule has 0 aromatic carbocycles. The van der Waals surface area contributed by atoms with E-state index in [9.17, 15) is 4.79 Å². The van der Waals surface area contributed by atoms with Gasteiger partial charge < -0.3 is 4.57 Å². The average molecular weight is 175 g/mol. The van der Waals surface area contributed by atoms with Crippen molar-refractivity contribution in [3.63, 3.8) is 0 Å². The van der Waals surface area contributed by atoms with Gasteiger partial charge in [-0.2, -0.15) is 0 Å². The summed E-state index contributed by atoms with van der Waals surface area (Å²) in [7, 11) is 0. The van der Waals surface area contributed by atoms with Gasteiger partial charge >= 0.3 is 0 Å². The second kappa shape index (κ2) is 3.95. The van der Waals surface area contributed by atoms with Crippen LogP contribution < -0.4 is 0 Å². The molecule has 0 aliphatic rings. The molecule has 0 N–H and O–H groups in total. The first-order valence-electron chi connectivity index (χ1n) is 4.22. The van der Waals surface area contributed by atoms with Crippen molar-refractivity contribution in [1.82, 2.24) is 4.57 Å². The lowest BCUT2D eigenvalue weighted by molar-refractivity contribution is 0.112. The molecule has 0 fully saturated rings. The van der Waals surface area contributed by atoms with Crippen LogP contribution in [0.2, 0.25) is 0 Å². The van der Waals surface area contributed by atoms with Crippen LogP contribution in [0.5, 0.6) is 0 Å². The molecule has 1 heterocycles. The van der Waals surface area contributed by atoms with E-state index in [0.29, 0.717) is 6.54 Å². The van der Waals surface area contributed by atoms with Gasteiger partial charge in [0.15, 0.2) is 6.29 Å². The molecular formula is C11H13NO. The highest BCUT2D eigenvalue weighted by Gasteiger charge is 2.05. The highest BCUT2D eigenvalue weighted by atomic mass is 16.1.